The number of benzene rings is 5. The van der Waals surface area contributed by atoms with Gasteiger partial charge in [-0.25, -0.2) is 13.9 Å². The highest BCUT2D eigenvalue weighted by Crippen LogP contribution is 2.40. The lowest BCUT2D eigenvalue weighted by atomic mass is 9.80. The third-order valence-electron chi connectivity index (χ3n) is 8.95. The molecule has 52 heavy (non-hydrogen) atoms. The highest BCUT2D eigenvalue weighted by Gasteiger charge is 2.41. The van der Waals surface area contributed by atoms with Crippen molar-refractivity contribution in [1.29, 1.82) is 0 Å². The maximum Gasteiger partial charge on any atom is 0.262 e. The van der Waals surface area contributed by atoms with Crippen LogP contribution in [0.25, 0.3) is 0 Å². The van der Waals surface area contributed by atoms with Crippen LogP contribution in [0.5, 0.6) is 11.5 Å². The third kappa shape index (κ3) is 8.37. The minimum atomic E-state index is -3.87. The summed E-state index contributed by atoms with van der Waals surface area (Å²) in [5.74, 6) is 1.16. The summed E-state index contributed by atoms with van der Waals surface area (Å²) in [6, 6.07) is 42.4. The Morgan fingerprint density at radius 2 is 1.33 bits per heavy atom. The van der Waals surface area contributed by atoms with Gasteiger partial charge in [-0.05, 0) is 66.9 Å². The zero-order valence-electron chi connectivity index (χ0n) is 29.5. The normalized spacial score (nSPS) is 15.7. The van der Waals surface area contributed by atoms with Crippen LogP contribution in [-0.4, -0.2) is 57.3 Å². The van der Waals surface area contributed by atoms with Gasteiger partial charge in [0.1, 0.15) is 29.4 Å². The highest BCUT2D eigenvalue weighted by atomic mass is 32.2. The lowest BCUT2D eigenvalue weighted by Gasteiger charge is -2.40. The van der Waals surface area contributed by atoms with Crippen molar-refractivity contribution in [3.63, 3.8) is 0 Å². The number of hydrogen-bond acceptors (Lipinski definition) is 7. The van der Waals surface area contributed by atoms with Gasteiger partial charge < -0.3 is 9.47 Å². The monoisotopic (exact) mass is 717 g/mol. The van der Waals surface area contributed by atoms with Crippen LogP contribution in [-0.2, 0) is 30.0 Å². The third-order valence-corrected chi connectivity index (χ3v) is 10.1. The molecule has 1 saturated heterocycles. The first-order chi connectivity index (χ1) is 25.0. The number of nitrogens with one attached hydrogen (secondary N) is 1. The van der Waals surface area contributed by atoms with Gasteiger partial charge in [0, 0.05) is 6.54 Å². The molecule has 1 unspecified atom stereocenters. The Hall–Kier alpha value is -5.42. The number of morpholine rings is 1. The van der Waals surface area contributed by atoms with E-state index in [0.717, 1.165) is 28.5 Å². The molecule has 268 valence electrons. The number of sulfonamides is 1. The number of nitrogens with zero attached hydrogens (tertiary/aromatic N) is 2. The average Bonchev–Trinajstić information content (AvgIpc) is 3.14. The minimum Gasteiger partial charge on any atom is -0.493 e. The Bertz CT molecular complexity index is 1960. The van der Waals surface area contributed by atoms with Gasteiger partial charge in [-0.2, -0.15) is 0 Å². The minimum absolute atomic E-state index is 0.207. The van der Waals surface area contributed by atoms with E-state index in [1.807, 2.05) is 134 Å². The molecule has 0 bridgehead atoms. The molecular formula is C42H43N3O6S. The summed E-state index contributed by atoms with van der Waals surface area (Å²) in [6.07, 6.45) is 0.848. The van der Waals surface area contributed by atoms with E-state index in [-0.39, 0.29) is 19.2 Å². The fraction of sp³-hybridized carbons (Fsp3) is 0.214. The molecule has 0 radical (unpaired) electrons. The SMILES string of the molecule is C=C1CN([C@@H](CN(c2ccc(Oc3ccc(C)cc3)cc2)S(C)(=O)=O)C(=O)NOC(c2ccccc2)(c2ccccc2)c2ccccc2)CC(C)O1. The van der Waals surface area contributed by atoms with Gasteiger partial charge in [0.2, 0.25) is 10.0 Å². The van der Waals surface area contributed by atoms with E-state index in [1.165, 1.54) is 4.31 Å². The molecule has 10 heteroatoms. The number of rotatable bonds is 13. The summed E-state index contributed by atoms with van der Waals surface area (Å²) in [6.45, 7) is 8.28. The smallest absolute Gasteiger partial charge is 0.262 e. The Morgan fingerprint density at radius 1 is 0.846 bits per heavy atom. The van der Waals surface area contributed by atoms with Crippen LogP contribution in [0.15, 0.2) is 152 Å². The molecule has 6 rings (SSSR count). The van der Waals surface area contributed by atoms with Crippen molar-refractivity contribution in [2.24, 2.45) is 0 Å². The number of ether oxygens (including phenoxy) is 2. The first-order valence-corrected chi connectivity index (χ1v) is 18.9. The molecule has 1 heterocycles. The molecule has 0 spiro atoms. The van der Waals surface area contributed by atoms with Crippen LogP contribution in [0.3, 0.4) is 0 Å². The van der Waals surface area contributed by atoms with Crippen molar-refractivity contribution in [1.82, 2.24) is 10.4 Å². The average molecular weight is 718 g/mol. The van der Waals surface area contributed by atoms with E-state index in [2.05, 4.69) is 12.1 Å². The standard InChI is InChI=1S/C42H43N3O6S/c1-31-20-24-38(25-21-31)50-39-26-22-37(23-27-39)45(52(4,47)48)30-40(44-28-32(2)49-33(3)29-44)41(46)43-51-42(34-14-8-5-9-15-34,35-16-10-6-11-17-35)36-18-12-7-13-19-36/h5-27,33,40H,2,28-30H2,1,3-4H3,(H,43,46)/t33?,40-/m0/s1. The molecule has 1 amide bonds. The first kappa shape index (κ1) is 36.4. The number of amides is 1. The maximum atomic E-state index is 14.6. The first-order valence-electron chi connectivity index (χ1n) is 17.1. The van der Waals surface area contributed by atoms with Crippen molar-refractivity contribution in [2.75, 3.05) is 30.2 Å². The summed E-state index contributed by atoms with van der Waals surface area (Å²) < 4.78 is 39.9. The topological polar surface area (TPSA) is 97.4 Å². The summed E-state index contributed by atoms with van der Waals surface area (Å²) in [4.78, 5) is 23.1. The molecule has 1 N–H and O–H groups in total. The molecule has 2 atom stereocenters. The lowest BCUT2D eigenvalue weighted by Crippen LogP contribution is -2.58. The van der Waals surface area contributed by atoms with Gasteiger partial charge in [-0.1, -0.05) is 115 Å². The Morgan fingerprint density at radius 3 is 1.79 bits per heavy atom. The van der Waals surface area contributed by atoms with Crippen molar-refractivity contribution < 1.29 is 27.5 Å². The molecule has 0 aromatic heterocycles. The molecule has 5 aromatic rings. The van der Waals surface area contributed by atoms with Crippen LogP contribution >= 0.6 is 0 Å². The van der Waals surface area contributed by atoms with Crippen LogP contribution in [0.4, 0.5) is 5.69 Å². The van der Waals surface area contributed by atoms with Gasteiger partial charge in [-0.3, -0.25) is 18.8 Å². The van der Waals surface area contributed by atoms with E-state index in [1.54, 1.807) is 24.3 Å². The van der Waals surface area contributed by atoms with Gasteiger partial charge >= 0.3 is 0 Å². The van der Waals surface area contributed by atoms with Crippen LogP contribution in [0.2, 0.25) is 0 Å². The molecule has 1 aliphatic heterocycles. The lowest BCUT2D eigenvalue weighted by molar-refractivity contribution is -0.150. The molecule has 1 fully saturated rings. The van der Waals surface area contributed by atoms with Crippen molar-refractivity contribution in [2.45, 2.75) is 31.6 Å². The van der Waals surface area contributed by atoms with Gasteiger partial charge in [0.25, 0.3) is 5.91 Å². The fourth-order valence-corrected chi connectivity index (χ4v) is 7.40. The zero-order valence-corrected chi connectivity index (χ0v) is 30.3. The predicted octanol–water partition coefficient (Wildman–Crippen LogP) is 7.20. The largest absolute Gasteiger partial charge is 0.493 e. The Balaban J connectivity index is 1.34. The van der Waals surface area contributed by atoms with Crippen LogP contribution in [0, 0.1) is 6.92 Å². The molecular weight excluding hydrogens is 675 g/mol. The van der Waals surface area contributed by atoms with Crippen molar-refractivity contribution >= 4 is 21.6 Å². The Kier molecular flexibility index (Phi) is 11.1. The summed E-state index contributed by atoms with van der Waals surface area (Å²) in [5.41, 5.74) is 5.44. The number of aryl methyl sites for hydroxylation is 1. The second kappa shape index (κ2) is 15.9. The van der Waals surface area contributed by atoms with E-state index in [9.17, 15) is 13.2 Å². The number of carbonyl (C=O) groups excluding carboxylic acids is 1. The van der Waals surface area contributed by atoms with E-state index < -0.39 is 27.6 Å². The van der Waals surface area contributed by atoms with E-state index in [0.29, 0.717) is 29.5 Å². The molecule has 0 saturated carbocycles. The maximum absolute atomic E-state index is 14.6. The number of carbonyl (C=O) groups is 1. The number of anilines is 1. The summed E-state index contributed by atoms with van der Waals surface area (Å²) in [5, 5.41) is 0. The summed E-state index contributed by atoms with van der Waals surface area (Å²) >= 11 is 0. The van der Waals surface area contributed by atoms with Gasteiger partial charge in [0.15, 0.2) is 5.60 Å². The quantitative estimate of drug-likeness (QED) is 0.102. The molecule has 0 aliphatic carbocycles. The van der Waals surface area contributed by atoms with Gasteiger partial charge in [0.05, 0.1) is 25.0 Å². The predicted molar refractivity (Wildman–Crippen MR) is 203 cm³/mol. The second-order valence-electron chi connectivity index (χ2n) is 13.0. The fourth-order valence-electron chi connectivity index (χ4n) is 6.48. The molecule has 5 aromatic carbocycles. The highest BCUT2D eigenvalue weighted by molar-refractivity contribution is 7.92. The van der Waals surface area contributed by atoms with Crippen molar-refractivity contribution in [3.05, 3.63) is 174 Å². The number of hydrogen-bond donors (Lipinski definition) is 1. The van der Waals surface area contributed by atoms with Crippen LogP contribution in [0.1, 0.15) is 29.2 Å². The van der Waals surface area contributed by atoms with E-state index in [4.69, 9.17) is 14.3 Å². The van der Waals surface area contributed by atoms with E-state index >= 15 is 0 Å². The summed E-state index contributed by atoms with van der Waals surface area (Å²) in [7, 11) is -3.87. The number of hydroxylamine groups is 1. The molecule has 1 aliphatic rings. The Labute approximate surface area is 306 Å². The van der Waals surface area contributed by atoms with Gasteiger partial charge in [-0.15, -0.1) is 0 Å². The zero-order chi connectivity index (χ0) is 36.7. The molecule has 9 nitrogen and oxygen atoms in total. The van der Waals surface area contributed by atoms with Crippen molar-refractivity contribution in [3.8, 4) is 11.5 Å². The van der Waals surface area contributed by atoms with Crippen LogP contribution < -0.4 is 14.5 Å². The second-order valence-corrected chi connectivity index (χ2v) is 14.9.